The van der Waals surface area contributed by atoms with Crippen molar-refractivity contribution >= 4 is 24.1 Å². The molecule has 0 saturated heterocycles. The molecule has 0 saturated carbocycles. The quantitative estimate of drug-likeness (QED) is 0.463. The van der Waals surface area contributed by atoms with Crippen LogP contribution in [0.15, 0.2) is 84.9 Å². The van der Waals surface area contributed by atoms with Crippen LogP contribution in [0.1, 0.15) is 11.1 Å². The largest absolute Gasteiger partial charge is 0.508 e. The molecule has 1 atom stereocenters. The molecule has 3 aromatic carbocycles. The molecule has 0 bridgehead atoms. The van der Waals surface area contributed by atoms with E-state index in [1.54, 1.807) is 24.3 Å². The van der Waals surface area contributed by atoms with Crippen LogP contribution >= 0.6 is 12.4 Å². The number of rotatable bonds is 7. The van der Waals surface area contributed by atoms with Crippen molar-refractivity contribution in [2.24, 2.45) is 0 Å². The number of halogens is 1. The molecule has 0 fully saturated rings. The molecule has 27 heavy (non-hydrogen) atoms. The number of hydrogen-bond acceptors (Lipinski definition) is 4. The van der Waals surface area contributed by atoms with Crippen LogP contribution in [0, 0.1) is 0 Å². The van der Waals surface area contributed by atoms with Gasteiger partial charge in [0.25, 0.3) is 0 Å². The zero-order valence-corrected chi connectivity index (χ0v) is 15.6. The molecule has 5 heteroatoms. The molecule has 0 aromatic heterocycles. The second-order valence-corrected chi connectivity index (χ2v) is 6.03. The fourth-order valence-electron chi connectivity index (χ4n) is 2.63. The number of benzene rings is 3. The fraction of sp³-hybridized carbons (Fsp3) is 0.136. The van der Waals surface area contributed by atoms with Crippen LogP contribution in [0.3, 0.4) is 0 Å². The maximum absolute atomic E-state index is 12.7. The van der Waals surface area contributed by atoms with Crippen molar-refractivity contribution in [3.05, 3.63) is 96.1 Å². The number of phenolic OH excluding ortho intramolecular Hbond substituents is 1. The van der Waals surface area contributed by atoms with Gasteiger partial charge in [0, 0.05) is 12.1 Å². The summed E-state index contributed by atoms with van der Waals surface area (Å²) in [4.78, 5) is 12.7. The summed E-state index contributed by atoms with van der Waals surface area (Å²) in [5.74, 6) is -0.132. The van der Waals surface area contributed by atoms with E-state index in [1.807, 2.05) is 60.7 Å². The van der Waals surface area contributed by atoms with E-state index >= 15 is 0 Å². The molecule has 3 rings (SSSR count). The van der Waals surface area contributed by atoms with Crippen molar-refractivity contribution in [2.75, 3.05) is 5.32 Å². The van der Waals surface area contributed by atoms with Crippen LogP contribution in [0.5, 0.6) is 5.75 Å². The normalized spacial score (nSPS) is 11.1. The van der Waals surface area contributed by atoms with Gasteiger partial charge in [-0.05, 0) is 35.4 Å². The Morgan fingerprint density at radius 2 is 1.41 bits per heavy atom. The Morgan fingerprint density at radius 1 is 0.852 bits per heavy atom. The highest BCUT2D eigenvalue weighted by Crippen LogP contribution is 2.17. The predicted octanol–water partition coefficient (Wildman–Crippen LogP) is 4.58. The van der Waals surface area contributed by atoms with E-state index in [2.05, 4.69) is 5.32 Å². The number of aromatic hydroxyl groups is 1. The molecule has 0 amide bonds. The van der Waals surface area contributed by atoms with E-state index < -0.39 is 6.04 Å². The summed E-state index contributed by atoms with van der Waals surface area (Å²) in [5, 5.41) is 12.6. The lowest BCUT2D eigenvalue weighted by Gasteiger charge is -2.19. The smallest absolute Gasteiger partial charge is 0.329 e. The highest BCUT2D eigenvalue weighted by atomic mass is 35.5. The van der Waals surface area contributed by atoms with Gasteiger partial charge < -0.3 is 15.2 Å². The van der Waals surface area contributed by atoms with Crippen LogP contribution < -0.4 is 5.32 Å². The molecule has 0 radical (unpaired) electrons. The van der Waals surface area contributed by atoms with Crippen LogP contribution in [0.25, 0.3) is 0 Å². The first-order valence-corrected chi connectivity index (χ1v) is 8.51. The van der Waals surface area contributed by atoms with E-state index in [9.17, 15) is 9.90 Å². The third-order valence-electron chi connectivity index (χ3n) is 4.00. The van der Waals surface area contributed by atoms with Gasteiger partial charge in [-0.2, -0.15) is 0 Å². The minimum absolute atomic E-state index is 0. The number of phenols is 1. The van der Waals surface area contributed by atoms with E-state index in [4.69, 9.17) is 4.74 Å². The Labute approximate surface area is 165 Å². The van der Waals surface area contributed by atoms with Gasteiger partial charge in [0.15, 0.2) is 0 Å². The number of anilines is 1. The van der Waals surface area contributed by atoms with E-state index in [0.29, 0.717) is 6.42 Å². The van der Waals surface area contributed by atoms with Crippen molar-refractivity contribution < 1.29 is 14.6 Å². The number of ether oxygens (including phenoxy) is 1. The molecule has 0 aliphatic carbocycles. The second kappa shape index (κ2) is 10.2. The lowest BCUT2D eigenvalue weighted by atomic mass is 10.1. The van der Waals surface area contributed by atoms with Crippen molar-refractivity contribution in [3.63, 3.8) is 0 Å². The average Bonchev–Trinajstić information content (AvgIpc) is 2.69. The fourth-order valence-corrected chi connectivity index (χ4v) is 2.63. The van der Waals surface area contributed by atoms with Crippen molar-refractivity contribution in [1.82, 2.24) is 0 Å². The molecule has 0 aliphatic rings. The Morgan fingerprint density at radius 3 is 2.00 bits per heavy atom. The van der Waals surface area contributed by atoms with Gasteiger partial charge in [-0.3, -0.25) is 0 Å². The Kier molecular flexibility index (Phi) is 7.71. The Hall–Kier alpha value is -2.98. The number of carbonyl (C=O) groups is 1. The number of nitrogens with one attached hydrogen (secondary N) is 1. The van der Waals surface area contributed by atoms with Gasteiger partial charge in [-0.15, -0.1) is 12.4 Å². The highest BCUT2D eigenvalue weighted by Gasteiger charge is 2.20. The van der Waals surface area contributed by atoms with E-state index in [0.717, 1.165) is 16.8 Å². The molecular weight excluding hydrogens is 362 g/mol. The average molecular weight is 384 g/mol. The molecule has 0 spiro atoms. The summed E-state index contributed by atoms with van der Waals surface area (Å²) in [5.41, 5.74) is 2.74. The summed E-state index contributed by atoms with van der Waals surface area (Å²) in [6, 6.07) is 25.5. The summed E-state index contributed by atoms with van der Waals surface area (Å²) < 4.78 is 5.51. The van der Waals surface area contributed by atoms with Gasteiger partial charge in [-0.25, -0.2) is 4.79 Å². The van der Waals surface area contributed by atoms with Crippen LogP contribution in [-0.2, 0) is 22.6 Å². The number of hydrogen-bond donors (Lipinski definition) is 2. The third-order valence-corrected chi connectivity index (χ3v) is 4.00. The summed E-state index contributed by atoms with van der Waals surface area (Å²) in [7, 11) is 0. The Bertz CT molecular complexity index is 823. The lowest BCUT2D eigenvalue weighted by molar-refractivity contribution is -0.145. The van der Waals surface area contributed by atoms with Gasteiger partial charge in [0.1, 0.15) is 18.4 Å². The van der Waals surface area contributed by atoms with Crippen LogP contribution in [0.4, 0.5) is 5.69 Å². The van der Waals surface area contributed by atoms with Crippen molar-refractivity contribution in [3.8, 4) is 5.75 Å². The Balaban J connectivity index is 0.00000261. The summed E-state index contributed by atoms with van der Waals surface area (Å²) in [6.07, 6.45) is 0.509. The monoisotopic (exact) mass is 383 g/mol. The molecule has 4 nitrogen and oxygen atoms in total. The standard InChI is InChI=1S/C22H21NO3.ClH/c24-20-13-11-19(12-14-20)23-21(15-17-7-3-1-4-8-17)22(25)26-16-18-9-5-2-6-10-18;/h1-14,21,23-24H,15-16H2;1H. The van der Waals surface area contributed by atoms with E-state index in [1.165, 1.54) is 0 Å². The summed E-state index contributed by atoms with van der Waals surface area (Å²) in [6.45, 7) is 0.238. The lowest BCUT2D eigenvalue weighted by Crippen LogP contribution is -2.33. The third kappa shape index (κ3) is 6.35. The molecule has 1 unspecified atom stereocenters. The topological polar surface area (TPSA) is 58.6 Å². The molecular formula is C22H22ClNO3. The van der Waals surface area contributed by atoms with Gasteiger partial charge in [0.05, 0.1) is 0 Å². The molecule has 0 aliphatic heterocycles. The maximum Gasteiger partial charge on any atom is 0.329 e. The van der Waals surface area contributed by atoms with Gasteiger partial charge >= 0.3 is 5.97 Å². The summed E-state index contributed by atoms with van der Waals surface area (Å²) >= 11 is 0. The van der Waals surface area contributed by atoms with Crippen molar-refractivity contribution in [2.45, 2.75) is 19.1 Å². The SMILES string of the molecule is Cl.O=C(OCc1ccccc1)C(Cc1ccccc1)Nc1ccc(O)cc1. The highest BCUT2D eigenvalue weighted by molar-refractivity contribution is 5.85. The minimum Gasteiger partial charge on any atom is -0.508 e. The van der Waals surface area contributed by atoms with Crippen molar-refractivity contribution in [1.29, 1.82) is 0 Å². The number of carbonyl (C=O) groups excluding carboxylic acids is 1. The minimum atomic E-state index is -0.523. The van der Waals surface area contributed by atoms with E-state index in [-0.39, 0.29) is 30.7 Å². The molecule has 140 valence electrons. The zero-order valence-electron chi connectivity index (χ0n) is 14.7. The number of esters is 1. The van der Waals surface area contributed by atoms with Crippen LogP contribution in [-0.4, -0.2) is 17.1 Å². The first-order valence-electron chi connectivity index (χ1n) is 8.51. The zero-order chi connectivity index (χ0) is 18.2. The maximum atomic E-state index is 12.7. The molecule has 3 aromatic rings. The predicted molar refractivity (Wildman–Crippen MR) is 109 cm³/mol. The van der Waals surface area contributed by atoms with Gasteiger partial charge in [0.2, 0.25) is 0 Å². The first-order chi connectivity index (χ1) is 12.7. The molecule has 2 N–H and O–H groups in total. The van der Waals surface area contributed by atoms with Crippen LogP contribution in [0.2, 0.25) is 0 Å². The second-order valence-electron chi connectivity index (χ2n) is 6.03. The van der Waals surface area contributed by atoms with Gasteiger partial charge in [-0.1, -0.05) is 60.7 Å². The first kappa shape index (κ1) is 20.3. The molecule has 0 heterocycles.